The van der Waals surface area contributed by atoms with Crippen LogP contribution in [0.4, 0.5) is 4.79 Å². The highest BCUT2D eigenvalue weighted by atomic mass is 16.6. The van der Waals surface area contributed by atoms with Crippen molar-refractivity contribution in [3.63, 3.8) is 0 Å². The summed E-state index contributed by atoms with van der Waals surface area (Å²) in [5.74, 6) is 0.542. The van der Waals surface area contributed by atoms with Crippen LogP contribution in [-0.4, -0.2) is 6.09 Å². The smallest absolute Gasteiger partial charge is 0.372 e. The first-order valence-corrected chi connectivity index (χ1v) is 6.26. The van der Waals surface area contributed by atoms with E-state index in [4.69, 9.17) is 4.74 Å². The van der Waals surface area contributed by atoms with Crippen LogP contribution < -0.4 is 9.30 Å². The minimum atomic E-state index is -0.411. The van der Waals surface area contributed by atoms with Crippen LogP contribution in [0.2, 0.25) is 0 Å². The Morgan fingerprint density at radius 1 is 1.00 bits per heavy atom. The van der Waals surface area contributed by atoms with Crippen molar-refractivity contribution >= 4 is 6.09 Å². The third-order valence-electron chi connectivity index (χ3n) is 2.85. The number of rotatable bonds is 1. The van der Waals surface area contributed by atoms with Crippen LogP contribution in [0.25, 0.3) is 0 Å². The number of aromatic nitrogens is 1. The molecule has 0 saturated carbocycles. The molecule has 0 atom stereocenters. The van der Waals surface area contributed by atoms with E-state index < -0.39 is 6.09 Å². The second-order valence-corrected chi connectivity index (χ2v) is 5.43. The van der Waals surface area contributed by atoms with E-state index in [9.17, 15) is 4.79 Å². The van der Waals surface area contributed by atoms with Gasteiger partial charge in [-0.05, 0) is 23.1 Å². The van der Waals surface area contributed by atoms with Gasteiger partial charge in [-0.25, -0.2) is 0 Å². The fraction of sp³-hybridized carbons (Fsp3) is 0.250. The lowest BCUT2D eigenvalue weighted by molar-refractivity contribution is -0.582. The lowest BCUT2D eigenvalue weighted by Gasteiger charge is -2.17. The molecule has 0 spiro atoms. The summed E-state index contributed by atoms with van der Waals surface area (Å²) in [6.45, 7) is 6.40. The highest BCUT2D eigenvalue weighted by Gasteiger charge is 2.20. The first kappa shape index (κ1) is 13.3. The normalized spacial score (nSPS) is 11.1. The third-order valence-corrected chi connectivity index (χ3v) is 2.85. The highest BCUT2D eigenvalue weighted by molar-refractivity contribution is 5.60. The molecule has 2 rings (SSSR count). The average Bonchev–Trinajstić information content (AvgIpc) is 2.39. The molecule has 0 bridgehead atoms. The molecule has 3 nitrogen and oxygen atoms in total. The van der Waals surface area contributed by atoms with Crippen molar-refractivity contribution in [2.24, 2.45) is 0 Å². The molecule has 0 N–H and O–H groups in total. The molecular formula is C16H18NO2+. The summed E-state index contributed by atoms with van der Waals surface area (Å²) in [5.41, 5.74) is 1.25. The van der Waals surface area contributed by atoms with Crippen molar-refractivity contribution in [1.29, 1.82) is 0 Å². The second kappa shape index (κ2) is 5.22. The number of hydrogen-bond donors (Lipinski definition) is 0. The molecule has 1 aromatic heterocycles. The van der Waals surface area contributed by atoms with Gasteiger partial charge in [-0.3, -0.25) is 0 Å². The van der Waals surface area contributed by atoms with E-state index in [0.29, 0.717) is 5.75 Å². The minimum absolute atomic E-state index is 0.0719. The van der Waals surface area contributed by atoms with Crippen molar-refractivity contribution in [1.82, 2.24) is 0 Å². The molecule has 0 aliphatic carbocycles. The highest BCUT2D eigenvalue weighted by Crippen LogP contribution is 2.20. The fourth-order valence-electron chi connectivity index (χ4n) is 1.69. The lowest BCUT2D eigenvalue weighted by Crippen LogP contribution is -2.44. The lowest BCUT2D eigenvalue weighted by atomic mass is 9.88. The topological polar surface area (TPSA) is 30.2 Å². The van der Waals surface area contributed by atoms with E-state index >= 15 is 0 Å². The molecule has 0 amide bonds. The predicted octanol–water partition coefficient (Wildman–Crippen LogP) is 3.32. The molecule has 0 unspecified atom stereocenters. The van der Waals surface area contributed by atoms with Crippen molar-refractivity contribution in [2.75, 3.05) is 0 Å². The van der Waals surface area contributed by atoms with Crippen molar-refractivity contribution in [3.05, 3.63) is 60.4 Å². The first-order chi connectivity index (χ1) is 8.97. The molecule has 2 aromatic rings. The Bertz CT molecular complexity index is 554. The second-order valence-electron chi connectivity index (χ2n) is 5.43. The Balaban J connectivity index is 2.12. The Morgan fingerprint density at radius 3 is 2.11 bits per heavy atom. The quantitative estimate of drug-likeness (QED) is 0.733. The van der Waals surface area contributed by atoms with Crippen molar-refractivity contribution in [3.8, 4) is 5.75 Å². The summed E-state index contributed by atoms with van der Waals surface area (Å²) in [6, 6.07) is 12.9. The van der Waals surface area contributed by atoms with Crippen LogP contribution in [0.1, 0.15) is 26.3 Å². The Labute approximate surface area is 113 Å². The fourth-order valence-corrected chi connectivity index (χ4v) is 1.69. The number of benzene rings is 1. The molecule has 0 fully saturated rings. The SMILES string of the molecule is CC(C)(C)c1cc[n+](C(=O)Oc2ccccc2)cc1. The van der Waals surface area contributed by atoms with Crippen LogP contribution in [0.3, 0.4) is 0 Å². The summed E-state index contributed by atoms with van der Waals surface area (Å²) in [6.07, 6.45) is 3.05. The van der Waals surface area contributed by atoms with Gasteiger partial charge in [0.05, 0.1) is 0 Å². The molecule has 19 heavy (non-hydrogen) atoms. The minimum Gasteiger partial charge on any atom is -0.372 e. The van der Waals surface area contributed by atoms with E-state index in [-0.39, 0.29) is 5.41 Å². The molecule has 0 aliphatic heterocycles. The maximum absolute atomic E-state index is 11.9. The number of ether oxygens (including phenoxy) is 1. The zero-order valence-electron chi connectivity index (χ0n) is 11.5. The van der Waals surface area contributed by atoms with Gasteiger partial charge in [-0.2, -0.15) is 4.79 Å². The van der Waals surface area contributed by atoms with E-state index in [1.165, 1.54) is 10.1 Å². The number of carbonyl (C=O) groups is 1. The van der Waals surface area contributed by atoms with Gasteiger partial charge in [0.25, 0.3) is 0 Å². The molecule has 0 radical (unpaired) electrons. The van der Waals surface area contributed by atoms with Gasteiger partial charge in [-0.15, -0.1) is 0 Å². The van der Waals surface area contributed by atoms with Gasteiger partial charge in [-0.1, -0.05) is 43.5 Å². The monoisotopic (exact) mass is 256 g/mol. The largest absolute Gasteiger partial charge is 0.607 e. The van der Waals surface area contributed by atoms with Crippen LogP contribution in [0.15, 0.2) is 54.9 Å². The number of pyridine rings is 1. The Morgan fingerprint density at radius 2 is 1.58 bits per heavy atom. The Kier molecular flexibility index (Phi) is 3.65. The predicted molar refractivity (Wildman–Crippen MR) is 73.2 cm³/mol. The van der Waals surface area contributed by atoms with Crippen molar-refractivity contribution < 1.29 is 14.1 Å². The number of nitrogens with zero attached hydrogens (tertiary/aromatic N) is 1. The van der Waals surface area contributed by atoms with Gasteiger partial charge in [0.15, 0.2) is 12.4 Å². The molecule has 0 aliphatic rings. The molecule has 3 heteroatoms. The molecule has 1 aromatic carbocycles. The molecule has 98 valence electrons. The maximum Gasteiger partial charge on any atom is 0.607 e. The van der Waals surface area contributed by atoms with Crippen LogP contribution in [0, 0.1) is 0 Å². The van der Waals surface area contributed by atoms with Gasteiger partial charge in [0, 0.05) is 12.1 Å². The van der Waals surface area contributed by atoms with Gasteiger partial charge >= 0.3 is 6.09 Å². The van der Waals surface area contributed by atoms with E-state index in [1.54, 1.807) is 24.5 Å². The Hall–Kier alpha value is -2.16. The summed E-state index contributed by atoms with van der Waals surface area (Å²) in [7, 11) is 0. The number of carbonyl (C=O) groups excluding carboxylic acids is 1. The number of hydrogen-bond acceptors (Lipinski definition) is 2. The summed E-state index contributed by atoms with van der Waals surface area (Å²) < 4.78 is 6.68. The zero-order valence-corrected chi connectivity index (χ0v) is 11.5. The van der Waals surface area contributed by atoms with E-state index in [1.807, 2.05) is 30.3 Å². The van der Waals surface area contributed by atoms with Crippen LogP contribution in [0.5, 0.6) is 5.75 Å². The molecule has 1 heterocycles. The zero-order chi connectivity index (χ0) is 13.9. The van der Waals surface area contributed by atoms with E-state index in [0.717, 1.165) is 0 Å². The van der Waals surface area contributed by atoms with E-state index in [2.05, 4.69) is 20.8 Å². The third kappa shape index (κ3) is 3.41. The van der Waals surface area contributed by atoms with Crippen LogP contribution >= 0.6 is 0 Å². The summed E-state index contributed by atoms with van der Waals surface area (Å²) in [5, 5.41) is 0. The molecule has 0 saturated heterocycles. The van der Waals surface area contributed by atoms with Crippen LogP contribution in [-0.2, 0) is 5.41 Å². The molecular weight excluding hydrogens is 238 g/mol. The van der Waals surface area contributed by atoms with Gasteiger partial charge in [0.2, 0.25) is 0 Å². The van der Waals surface area contributed by atoms with Crippen molar-refractivity contribution in [2.45, 2.75) is 26.2 Å². The summed E-state index contributed by atoms with van der Waals surface area (Å²) in [4.78, 5) is 11.9. The van der Waals surface area contributed by atoms with Gasteiger partial charge in [0.1, 0.15) is 5.75 Å². The van der Waals surface area contributed by atoms with Gasteiger partial charge < -0.3 is 4.74 Å². The standard InChI is InChI=1S/C16H18NO2/c1-16(2,3)13-9-11-17(12-10-13)15(18)19-14-7-5-4-6-8-14/h4-12H,1-3H3/q+1. The maximum atomic E-state index is 11.9. The summed E-state index contributed by atoms with van der Waals surface area (Å²) >= 11 is 0. The number of para-hydroxylation sites is 1. The average molecular weight is 256 g/mol. The first-order valence-electron chi connectivity index (χ1n) is 6.26.